The Balaban J connectivity index is 2.61. The highest BCUT2D eigenvalue weighted by Crippen LogP contribution is 2.19. The lowest BCUT2D eigenvalue weighted by Crippen LogP contribution is -2.26. The molecule has 0 aliphatic carbocycles. The van der Waals surface area contributed by atoms with Crippen LogP contribution < -0.4 is 4.74 Å². The molecule has 80 valence electrons. The van der Waals surface area contributed by atoms with Crippen LogP contribution in [0, 0.1) is 0 Å². The molecule has 0 unspecified atom stereocenters. The van der Waals surface area contributed by atoms with Crippen LogP contribution in [0.2, 0.25) is 0 Å². The van der Waals surface area contributed by atoms with Crippen molar-refractivity contribution in [3.8, 4) is 5.75 Å². The Labute approximate surface area is 97.3 Å². The first kappa shape index (κ1) is 12.0. The van der Waals surface area contributed by atoms with Crippen molar-refractivity contribution < 1.29 is 9.53 Å². The Morgan fingerprint density at radius 1 is 1.53 bits per heavy atom. The number of benzene rings is 1. The molecule has 1 rings (SSSR count). The van der Waals surface area contributed by atoms with Gasteiger partial charge in [-0.2, -0.15) is 4.99 Å². The van der Waals surface area contributed by atoms with Gasteiger partial charge in [-0.25, -0.2) is 4.79 Å². The van der Waals surface area contributed by atoms with Crippen LogP contribution >= 0.6 is 15.9 Å². The Kier molecular flexibility index (Phi) is 4.06. The fourth-order valence-corrected chi connectivity index (χ4v) is 1.35. The van der Waals surface area contributed by atoms with Gasteiger partial charge in [-0.1, -0.05) is 22.0 Å². The lowest BCUT2D eigenvalue weighted by atomic mass is 10.1. The summed E-state index contributed by atoms with van der Waals surface area (Å²) in [5, 5.41) is 0. The molecule has 15 heavy (non-hydrogen) atoms. The van der Waals surface area contributed by atoms with E-state index >= 15 is 0 Å². The number of hydrogen-bond donors (Lipinski definition) is 0. The highest BCUT2D eigenvalue weighted by Gasteiger charge is 2.17. The first-order valence-electron chi connectivity index (χ1n) is 4.51. The maximum Gasteiger partial charge on any atom is 0.235 e. The molecule has 0 N–H and O–H groups in total. The summed E-state index contributed by atoms with van der Waals surface area (Å²) in [6.45, 7) is 3.98. The zero-order valence-electron chi connectivity index (χ0n) is 8.66. The molecule has 0 bridgehead atoms. The number of aliphatic imine (C=N–C) groups is 1. The number of carbonyl (C=O) groups excluding carboxylic acids is 1. The summed E-state index contributed by atoms with van der Waals surface area (Å²) < 4.78 is 6.46. The van der Waals surface area contributed by atoms with Crippen LogP contribution in [-0.2, 0) is 4.79 Å². The Hall–Kier alpha value is -1.12. The molecule has 0 amide bonds. The van der Waals surface area contributed by atoms with Crippen molar-refractivity contribution in [2.45, 2.75) is 19.4 Å². The van der Waals surface area contributed by atoms with Crippen LogP contribution in [0.15, 0.2) is 33.7 Å². The van der Waals surface area contributed by atoms with Crippen LogP contribution in [0.5, 0.6) is 5.75 Å². The first-order valence-corrected chi connectivity index (χ1v) is 5.30. The summed E-state index contributed by atoms with van der Waals surface area (Å²) >= 11 is 3.35. The second kappa shape index (κ2) is 5.10. The lowest BCUT2D eigenvalue weighted by Gasteiger charge is -2.17. The number of halogens is 1. The van der Waals surface area contributed by atoms with Gasteiger partial charge in [0.1, 0.15) is 17.9 Å². The van der Waals surface area contributed by atoms with E-state index in [0.717, 1.165) is 10.2 Å². The minimum Gasteiger partial charge on any atom is -0.491 e. The molecule has 4 heteroatoms. The van der Waals surface area contributed by atoms with Gasteiger partial charge in [0, 0.05) is 4.47 Å². The van der Waals surface area contributed by atoms with E-state index in [-0.39, 0.29) is 0 Å². The average molecular weight is 270 g/mol. The molecule has 0 atom stereocenters. The molecule has 0 heterocycles. The van der Waals surface area contributed by atoms with E-state index in [9.17, 15) is 4.79 Å². The Morgan fingerprint density at radius 2 is 2.27 bits per heavy atom. The van der Waals surface area contributed by atoms with Gasteiger partial charge in [0.2, 0.25) is 6.08 Å². The predicted octanol–water partition coefficient (Wildman–Crippen LogP) is 2.94. The zero-order chi connectivity index (χ0) is 11.3. The minimum absolute atomic E-state index is 0.346. The van der Waals surface area contributed by atoms with E-state index in [1.54, 1.807) is 6.08 Å². The zero-order valence-corrected chi connectivity index (χ0v) is 10.2. The van der Waals surface area contributed by atoms with E-state index in [1.807, 2.05) is 38.1 Å². The van der Waals surface area contributed by atoms with Crippen molar-refractivity contribution in [2.75, 3.05) is 6.61 Å². The quantitative estimate of drug-likeness (QED) is 0.623. The molecular formula is C11H12BrNO2. The molecule has 0 spiro atoms. The van der Waals surface area contributed by atoms with E-state index < -0.39 is 5.54 Å². The topological polar surface area (TPSA) is 38.7 Å². The summed E-state index contributed by atoms with van der Waals surface area (Å²) in [5.74, 6) is 0.749. The summed E-state index contributed by atoms with van der Waals surface area (Å²) in [5.41, 5.74) is -0.538. The second-order valence-electron chi connectivity index (χ2n) is 3.76. The number of ether oxygens (including phenoxy) is 1. The molecule has 0 aliphatic heterocycles. The number of nitrogens with zero attached hydrogens (tertiary/aromatic N) is 1. The third-order valence-corrected chi connectivity index (χ3v) is 2.23. The summed E-state index contributed by atoms with van der Waals surface area (Å²) in [4.78, 5) is 13.8. The van der Waals surface area contributed by atoms with Crippen LogP contribution in [0.4, 0.5) is 0 Å². The third-order valence-electron chi connectivity index (χ3n) is 1.74. The van der Waals surface area contributed by atoms with E-state index in [0.29, 0.717) is 6.61 Å². The average Bonchev–Trinajstić information content (AvgIpc) is 2.15. The highest BCUT2D eigenvalue weighted by molar-refractivity contribution is 9.10. The largest absolute Gasteiger partial charge is 0.491 e. The molecule has 1 aromatic carbocycles. The van der Waals surface area contributed by atoms with Gasteiger partial charge in [0.25, 0.3) is 0 Å². The van der Waals surface area contributed by atoms with Crippen molar-refractivity contribution in [3.05, 3.63) is 28.7 Å². The van der Waals surface area contributed by atoms with Crippen LogP contribution in [-0.4, -0.2) is 18.2 Å². The van der Waals surface area contributed by atoms with Gasteiger partial charge in [0.15, 0.2) is 0 Å². The highest BCUT2D eigenvalue weighted by atomic mass is 79.9. The van der Waals surface area contributed by atoms with Gasteiger partial charge in [-0.15, -0.1) is 0 Å². The van der Waals surface area contributed by atoms with Crippen LogP contribution in [0.1, 0.15) is 13.8 Å². The fourth-order valence-electron chi connectivity index (χ4n) is 0.973. The van der Waals surface area contributed by atoms with Gasteiger partial charge >= 0.3 is 0 Å². The molecule has 0 aliphatic rings. The maximum absolute atomic E-state index is 10.1. The van der Waals surface area contributed by atoms with Crippen LogP contribution in [0.25, 0.3) is 0 Å². The predicted molar refractivity (Wildman–Crippen MR) is 61.8 cm³/mol. The minimum atomic E-state index is -0.538. The SMILES string of the molecule is CC(C)(COc1cccc(Br)c1)N=C=O. The van der Waals surface area contributed by atoms with Crippen LogP contribution in [0.3, 0.4) is 0 Å². The van der Waals surface area contributed by atoms with Gasteiger partial charge in [0.05, 0.1) is 0 Å². The monoisotopic (exact) mass is 269 g/mol. The number of rotatable bonds is 4. The van der Waals surface area contributed by atoms with Gasteiger partial charge < -0.3 is 4.74 Å². The first-order chi connectivity index (χ1) is 7.03. The smallest absolute Gasteiger partial charge is 0.235 e. The third kappa shape index (κ3) is 4.28. The summed E-state index contributed by atoms with van der Waals surface area (Å²) in [6.07, 6.45) is 1.54. The second-order valence-corrected chi connectivity index (χ2v) is 4.68. The molecule has 0 aromatic heterocycles. The molecule has 0 radical (unpaired) electrons. The van der Waals surface area contributed by atoms with E-state index in [1.165, 1.54) is 0 Å². The molecule has 0 fully saturated rings. The van der Waals surface area contributed by atoms with Crippen molar-refractivity contribution in [3.63, 3.8) is 0 Å². The van der Waals surface area contributed by atoms with Gasteiger partial charge in [-0.3, -0.25) is 0 Å². The normalized spacial score (nSPS) is 10.6. The van der Waals surface area contributed by atoms with Crippen molar-refractivity contribution in [1.29, 1.82) is 0 Å². The summed E-state index contributed by atoms with van der Waals surface area (Å²) in [6, 6.07) is 7.52. The lowest BCUT2D eigenvalue weighted by molar-refractivity contribution is 0.244. The van der Waals surface area contributed by atoms with E-state index in [4.69, 9.17) is 4.74 Å². The maximum atomic E-state index is 10.1. The molecule has 1 aromatic rings. The van der Waals surface area contributed by atoms with Crippen molar-refractivity contribution in [1.82, 2.24) is 0 Å². The number of hydrogen-bond acceptors (Lipinski definition) is 3. The Morgan fingerprint density at radius 3 is 2.87 bits per heavy atom. The van der Waals surface area contributed by atoms with Crippen molar-refractivity contribution in [2.24, 2.45) is 4.99 Å². The van der Waals surface area contributed by atoms with Crippen molar-refractivity contribution >= 4 is 22.0 Å². The molecule has 0 saturated heterocycles. The fraction of sp³-hybridized carbons (Fsp3) is 0.364. The molecule has 0 saturated carbocycles. The Bertz CT molecular complexity index is 384. The number of isocyanates is 1. The molecular weight excluding hydrogens is 258 g/mol. The van der Waals surface area contributed by atoms with Gasteiger partial charge in [-0.05, 0) is 32.0 Å². The molecule has 3 nitrogen and oxygen atoms in total. The van der Waals surface area contributed by atoms with E-state index in [2.05, 4.69) is 20.9 Å². The summed E-state index contributed by atoms with van der Waals surface area (Å²) in [7, 11) is 0. The standard InChI is InChI=1S/C11H12BrNO2/c1-11(2,13-8-14)7-15-10-5-3-4-9(12)6-10/h3-6H,7H2,1-2H3.